The van der Waals surface area contributed by atoms with Crippen LogP contribution in [0.5, 0.6) is 0 Å². The van der Waals surface area contributed by atoms with Crippen molar-refractivity contribution in [3.63, 3.8) is 0 Å². The monoisotopic (exact) mass is 290 g/mol. The Hall–Kier alpha value is -0.780. The van der Waals surface area contributed by atoms with E-state index in [9.17, 15) is 0 Å². The third-order valence-electron chi connectivity index (χ3n) is 4.06. The van der Waals surface area contributed by atoms with Gasteiger partial charge >= 0.3 is 0 Å². The number of rotatable bonds is 11. The van der Waals surface area contributed by atoms with Gasteiger partial charge < -0.3 is 0 Å². The molecular weight excluding hydrogens is 252 g/mol. The number of hydrogen-bond donors (Lipinski definition) is 0. The normalized spacial score (nSPS) is 14.2. The minimum absolute atomic E-state index is 0.862. The van der Waals surface area contributed by atoms with Crippen molar-refractivity contribution < 1.29 is 0 Å². The van der Waals surface area contributed by atoms with Crippen LogP contribution < -0.4 is 0 Å². The summed E-state index contributed by atoms with van der Waals surface area (Å²) in [7, 11) is 0. The van der Waals surface area contributed by atoms with Crippen molar-refractivity contribution in [3.8, 4) is 0 Å². The van der Waals surface area contributed by atoms with Gasteiger partial charge in [0.15, 0.2) is 0 Å². The van der Waals surface area contributed by atoms with E-state index < -0.39 is 0 Å². The molecule has 122 valence electrons. The van der Waals surface area contributed by atoms with Crippen LogP contribution in [0.15, 0.2) is 34.9 Å². The van der Waals surface area contributed by atoms with E-state index in [-0.39, 0.29) is 0 Å². The summed E-state index contributed by atoms with van der Waals surface area (Å²) in [6.07, 6.45) is 17.4. The fourth-order valence-corrected chi connectivity index (χ4v) is 2.63. The first-order chi connectivity index (χ1) is 9.95. The highest BCUT2D eigenvalue weighted by Crippen LogP contribution is 2.18. The van der Waals surface area contributed by atoms with E-state index in [1.807, 2.05) is 0 Å². The van der Waals surface area contributed by atoms with Crippen molar-refractivity contribution in [1.82, 2.24) is 0 Å². The Balaban J connectivity index is 3.75. The fraction of sp³-hybridized carbons (Fsp3) is 0.714. The van der Waals surface area contributed by atoms with Gasteiger partial charge in [0.1, 0.15) is 0 Å². The molecule has 0 nitrogen and oxygen atoms in total. The standard InChI is InChI=1S/C21H38/c1-7-11-19(4)14-9-15-21(6)17-10-16-20(5)13-8-12-18(2)3/h11-12,16,21H,7-10,13-15,17H2,1-6H3. The van der Waals surface area contributed by atoms with Crippen LogP contribution in [0.25, 0.3) is 0 Å². The molecule has 0 fully saturated rings. The van der Waals surface area contributed by atoms with E-state index in [0.29, 0.717) is 0 Å². The fourth-order valence-electron chi connectivity index (χ4n) is 2.63. The van der Waals surface area contributed by atoms with Gasteiger partial charge in [0.05, 0.1) is 0 Å². The van der Waals surface area contributed by atoms with Gasteiger partial charge in [0.25, 0.3) is 0 Å². The molecule has 0 aromatic carbocycles. The zero-order valence-corrected chi connectivity index (χ0v) is 15.5. The molecular formula is C21H38. The Morgan fingerprint density at radius 3 is 2.10 bits per heavy atom. The first-order valence-electron chi connectivity index (χ1n) is 8.90. The summed E-state index contributed by atoms with van der Waals surface area (Å²) in [4.78, 5) is 0. The van der Waals surface area contributed by atoms with Gasteiger partial charge in [-0.2, -0.15) is 0 Å². The van der Waals surface area contributed by atoms with Crippen LogP contribution in [-0.4, -0.2) is 0 Å². The highest BCUT2D eigenvalue weighted by Gasteiger charge is 2.01. The molecule has 0 radical (unpaired) electrons. The third-order valence-corrected chi connectivity index (χ3v) is 4.06. The van der Waals surface area contributed by atoms with Crippen molar-refractivity contribution in [2.45, 2.75) is 92.9 Å². The molecule has 0 amide bonds. The molecule has 0 aliphatic carbocycles. The Kier molecular flexibility index (Phi) is 12.4. The minimum Gasteiger partial charge on any atom is -0.0859 e. The first kappa shape index (κ1) is 20.2. The van der Waals surface area contributed by atoms with Crippen LogP contribution in [-0.2, 0) is 0 Å². The quantitative estimate of drug-likeness (QED) is 0.343. The third kappa shape index (κ3) is 13.9. The predicted octanol–water partition coefficient (Wildman–Crippen LogP) is 7.62. The largest absolute Gasteiger partial charge is 0.0859 e. The van der Waals surface area contributed by atoms with Gasteiger partial charge in [0.2, 0.25) is 0 Å². The maximum absolute atomic E-state index is 2.46. The summed E-state index contributed by atoms with van der Waals surface area (Å²) in [5.41, 5.74) is 4.56. The van der Waals surface area contributed by atoms with Gasteiger partial charge in [-0.1, -0.05) is 55.2 Å². The van der Waals surface area contributed by atoms with Gasteiger partial charge in [-0.25, -0.2) is 0 Å². The van der Waals surface area contributed by atoms with E-state index in [1.54, 1.807) is 11.1 Å². The smallest absolute Gasteiger partial charge is 0.0288 e. The van der Waals surface area contributed by atoms with Crippen molar-refractivity contribution in [1.29, 1.82) is 0 Å². The SMILES string of the molecule is CCC=C(C)CCCC(C)CCC=C(C)CCC=C(C)C. The van der Waals surface area contributed by atoms with Crippen molar-refractivity contribution >= 4 is 0 Å². The second-order valence-electron chi connectivity index (χ2n) is 6.90. The zero-order valence-electron chi connectivity index (χ0n) is 15.5. The maximum Gasteiger partial charge on any atom is -0.0288 e. The first-order valence-corrected chi connectivity index (χ1v) is 8.90. The Labute approximate surface area is 134 Å². The molecule has 0 heteroatoms. The molecule has 1 atom stereocenters. The highest BCUT2D eigenvalue weighted by atomic mass is 14.1. The predicted molar refractivity (Wildman–Crippen MR) is 98.7 cm³/mol. The molecule has 0 heterocycles. The van der Waals surface area contributed by atoms with Gasteiger partial charge in [0, 0.05) is 0 Å². The van der Waals surface area contributed by atoms with Crippen LogP contribution in [0.2, 0.25) is 0 Å². The Morgan fingerprint density at radius 2 is 1.48 bits per heavy atom. The number of hydrogen-bond acceptors (Lipinski definition) is 0. The van der Waals surface area contributed by atoms with Crippen LogP contribution in [0.4, 0.5) is 0 Å². The summed E-state index contributed by atoms with van der Waals surface area (Å²) >= 11 is 0. The molecule has 0 aliphatic heterocycles. The highest BCUT2D eigenvalue weighted by molar-refractivity contribution is 5.02. The van der Waals surface area contributed by atoms with Crippen LogP contribution >= 0.6 is 0 Å². The van der Waals surface area contributed by atoms with E-state index in [0.717, 1.165) is 5.92 Å². The summed E-state index contributed by atoms with van der Waals surface area (Å²) in [5, 5.41) is 0. The maximum atomic E-state index is 2.46. The average Bonchev–Trinajstić information content (AvgIpc) is 2.38. The second kappa shape index (κ2) is 12.9. The molecule has 21 heavy (non-hydrogen) atoms. The van der Waals surface area contributed by atoms with Crippen molar-refractivity contribution in [2.75, 3.05) is 0 Å². The molecule has 0 aromatic rings. The van der Waals surface area contributed by atoms with E-state index >= 15 is 0 Å². The molecule has 0 N–H and O–H groups in total. The summed E-state index contributed by atoms with van der Waals surface area (Å²) in [6, 6.07) is 0. The van der Waals surface area contributed by atoms with Crippen LogP contribution in [0.1, 0.15) is 92.9 Å². The molecule has 0 aliphatic rings. The Bertz CT molecular complexity index is 337. The summed E-state index contributed by atoms with van der Waals surface area (Å²) in [6.45, 7) is 13.5. The minimum atomic E-state index is 0.862. The topological polar surface area (TPSA) is 0 Å². The molecule has 0 bridgehead atoms. The summed E-state index contributed by atoms with van der Waals surface area (Å²) in [5.74, 6) is 0.862. The molecule has 0 aromatic heterocycles. The Morgan fingerprint density at radius 1 is 0.810 bits per heavy atom. The second-order valence-corrected chi connectivity index (χ2v) is 6.90. The van der Waals surface area contributed by atoms with Gasteiger partial charge in [-0.05, 0) is 78.6 Å². The molecule has 0 spiro atoms. The van der Waals surface area contributed by atoms with Gasteiger partial charge in [-0.3, -0.25) is 0 Å². The van der Waals surface area contributed by atoms with Crippen LogP contribution in [0.3, 0.4) is 0 Å². The molecule has 0 saturated heterocycles. The van der Waals surface area contributed by atoms with Crippen molar-refractivity contribution in [3.05, 3.63) is 34.9 Å². The van der Waals surface area contributed by atoms with Gasteiger partial charge in [-0.15, -0.1) is 0 Å². The molecule has 1 unspecified atom stereocenters. The van der Waals surface area contributed by atoms with E-state index in [2.05, 4.69) is 59.8 Å². The lowest BCUT2D eigenvalue weighted by molar-refractivity contribution is 0.478. The molecule has 0 rings (SSSR count). The average molecular weight is 291 g/mol. The molecule has 0 saturated carbocycles. The van der Waals surface area contributed by atoms with E-state index in [4.69, 9.17) is 0 Å². The van der Waals surface area contributed by atoms with Crippen molar-refractivity contribution in [2.24, 2.45) is 5.92 Å². The lowest BCUT2D eigenvalue weighted by Crippen LogP contribution is -1.94. The van der Waals surface area contributed by atoms with Crippen LogP contribution in [0, 0.1) is 5.92 Å². The lowest BCUT2D eigenvalue weighted by atomic mass is 9.96. The zero-order chi connectivity index (χ0) is 16.1. The van der Waals surface area contributed by atoms with E-state index in [1.165, 1.54) is 56.9 Å². The number of allylic oxidation sites excluding steroid dienone is 6. The lowest BCUT2D eigenvalue weighted by Gasteiger charge is -2.10. The summed E-state index contributed by atoms with van der Waals surface area (Å²) < 4.78 is 0.